The average molecular weight is 314 g/mol. The van der Waals surface area contributed by atoms with Gasteiger partial charge in [-0.1, -0.05) is 6.07 Å². The third-order valence-corrected chi connectivity index (χ3v) is 4.12. The van der Waals surface area contributed by atoms with Crippen molar-refractivity contribution in [2.24, 2.45) is 0 Å². The molecule has 1 aromatic heterocycles. The maximum Gasteiger partial charge on any atom is 0.324 e. The lowest BCUT2D eigenvalue weighted by atomic mass is 10.3. The number of sulfonamides is 1. The van der Waals surface area contributed by atoms with Crippen molar-refractivity contribution >= 4 is 15.7 Å². The standard InChI is InChI=1S/C11H11FN4O4S/c12-8-2-1-3-9(11(8)16(17)18)21(19,20)15-5-4-10-13-6-7-14-10/h1-3,6-7,15H,4-5H2,(H,13,14). The van der Waals surface area contributed by atoms with Crippen LogP contribution in [-0.4, -0.2) is 29.9 Å². The minimum Gasteiger partial charge on any atom is -0.349 e. The van der Waals surface area contributed by atoms with E-state index in [-0.39, 0.29) is 13.0 Å². The number of halogens is 1. The van der Waals surface area contributed by atoms with Gasteiger partial charge in [0.25, 0.3) is 0 Å². The summed E-state index contributed by atoms with van der Waals surface area (Å²) in [6.45, 7) is -0.0243. The molecule has 1 aromatic carbocycles. The fraction of sp³-hybridized carbons (Fsp3) is 0.182. The van der Waals surface area contributed by atoms with Crippen molar-refractivity contribution in [2.75, 3.05) is 6.54 Å². The molecule has 0 bridgehead atoms. The lowest BCUT2D eigenvalue weighted by Gasteiger charge is -2.07. The van der Waals surface area contributed by atoms with E-state index >= 15 is 0 Å². The second kappa shape index (κ2) is 5.97. The van der Waals surface area contributed by atoms with Crippen LogP contribution in [0.1, 0.15) is 5.82 Å². The Hall–Kier alpha value is -2.33. The molecule has 10 heteroatoms. The van der Waals surface area contributed by atoms with E-state index in [1.807, 2.05) is 0 Å². The van der Waals surface area contributed by atoms with Gasteiger partial charge in [-0.15, -0.1) is 0 Å². The first-order chi connectivity index (χ1) is 9.92. The van der Waals surface area contributed by atoms with Gasteiger partial charge in [0.1, 0.15) is 5.82 Å². The summed E-state index contributed by atoms with van der Waals surface area (Å²) in [6, 6.07) is 2.92. The third-order valence-electron chi connectivity index (χ3n) is 2.63. The highest BCUT2D eigenvalue weighted by molar-refractivity contribution is 7.89. The van der Waals surface area contributed by atoms with E-state index in [9.17, 15) is 22.9 Å². The Morgan fingerprint density at radius 3 is 2.81 bits per heavy atom. The van der Waals surface area contributed by atoms with Crippen LogP contribution in [0.4, 0.5) is 10.1 Å². The number of H-pyrrole nitrogens is 1. The number of hydrogen-bond acceptors (Lipinski definition) is 5. The Balaban J connectivity index is 2.20. The second-order valence-corrected chi connectivity index (χ2v) is 5.76. The van der Waals surface area contributed by atoms with Crippen LogP contribution < -0.4 is 4.72 Å². The highest BCUT2D eigenvalue weighted by atomic mass is 32.2. The Bertz CT molecular complexity index is 746. The van der Waals surface area contributed by atoms with Crippen molar-refractivity contribution in [3.63, 3.8) is 0 Å². The molecule has 0 aliphatic rings. The monoisotopic (exact) mass is 314 g/mol. The molecule has 0 aliphatic heterocycles. The van der Waals surface area contributed by atoms with Crippen molar-refractivity contribution in [1.29, 1.82) is 0 Å². The lowest BCUT2D eigenvalue weighted by molar-refractivity contribution is -0.390. The largest absolute Gasteiger partial charge is 0.349 e. The zero-order valence-electron chi connectivity index (χ0n) is 10.6. The van der Waals surface area contributed by atoms with E-state index in [0.29, 0.717) is 5.82 Å². The molecule has 2 aromatic rings. The van der Waals surface area contributed by atoms with E-state index < -0.39 is 31.3 Å². The maximum atomic E-state index is 13.4. The van der Waals surface area contributed by atoms with Crippen LogP contribution in [0, 0.1) is 15.9 Å². The summed E-state index contributed by atoms with van der Waals surface area (Å²) < 4.78 is 39.7. The van der Waals surface area contributed by atoms with Gasteiger partial charge in [0, 0.05) is 25.4 Å². The number of rotatable bonds is 6. The van der Waals surface area contributed by atoms with Crippen LogP contribution in [0.2, 0.25) is 0 Å². The smallest absolute Gasteiger partial charge is 0.324 e. The Labute approximate surface area is 119 Å². The number of nitrogens with zero attached hydrogens (tertiary/aromatic N) is 2. The number of aromatic nitrogens is 2. The fourth-order valence-corrected chi connectivity index (χ4v) is 2.92. The van der Waals surface area contributed by atoms with E-state index in [4.69, 9.17) is 0 Å². The van der Waals surface area contributed by atoms with Crippen molar-refractivity contribution in [3.8, 4) is 0 Å². The van der Waals surface area contributed by atoms with Gasteiger partial charge in [-0.05, 0) is 12.1 Å². The summed E-state index contributed by atoms with van der Waals surface area (Å²) in [5.74, 6) is -0.639. The molecule has 0 amide bonds. The van der Waals surface area contributed by atoms with Gasteiger partial charge in [-0.2, -0.15) is 4.39 Å². The van der Waals surface area contributed by atoms with Crippen LogP contribution in [-0.2, 0) is 16.4 Å². The lowest BCUT2D eigenvalue weighted by Crippen LogP contribution is -2.27. The van der Waals surface area contributed by atoms with Crippen LogP contribution in [0.3, 0.4) is 0 Å². The number of nitro benzene ring substituents is 1. The predicted molar refractivity (Wildman–Crippen MR) is 70.5 cm³/mol. The van der Waals surface area contributed by atoms with Crippen LogP contribution in [0.15, 0.2) is 35.5 Å². The molecule has 0 saturated heterocycles. The van der Waals surface area contributed by atoms with Crippen LogP contribution in [0.5, 0.6) is 0 Å². The normalized spacial score (nSPS) is 11.5. The molecule has 21 heavy (non-hydrogen) atoms. The SMILES string of the molecule is O=[N+]([O-])c1c(F)cccc1S(=O)(=O)NCCc1ncc[nH]1. The van der Waals surface area contributed by atoms with Gasteiger partial charge >= 0.3 is 5.69 Å². The minimum absolute atomic E-state index is 0.0243. The molecule has 0 spiro atoms. The molecular weight excluding hydrogens is 303 g/mol. The van der Waals surface area contributed by atoms with Crippen LogP contribution >= 0.6 is 0 Å². The minimum atomic E-state index is -4.19. The summed E-state index contributed by atoms with van der Waals surface area (Å²) in [5, 5.41) is 10.8. The number of hydrogen-bond donors (Lipinski definition) is 2. The van der Waals surface area contributed by atoms with E-state index in [1.165, 1.54) is 6.20 Å². The highest BCUT2D eigenvalue weighted by Crippen LogP contribution is 2.26. The quantitative estimate of drug-likeness (QED) is 0.608. The first kappa shape index (κ1) is 15.1. The molecule has 112 valence electrons. The molecule has 0 atom stereocenters. The second-order valence-electron chi connectivity index (χ2n) is 4.03. The Morgan fingerprint density at radius 2 is 2.19 bits per heavy atom. The van der Waals surface area contributed by atoms with Gasteiger partial charge in [0.2, 0.25) is 15.8 Å². The summed E-state index contributed by atoms with van der Waals surface area (Å²) in [5.41, 5.74) is -1.07. The number of aromatic amines is 1. The summed E-state index contributed by atoms with van der Waals surface area (Å²) in [7, 11) is -4.19. The van der Waals surface area contributed by atoms with E-state index in [2.05, 4.69) is 14.7 Å². The average Bonchev–Trinajstić information content (AvgIpc) is 2.91. The highest BCUT2D eigenvalue weighted by Gasteiger charge is 2.28. The number of imidazole rings is 1. The fourth-order valence-electron chi connectivity index (χ4n) is 1.71. The van der Waals surface area contributed by atoms with Crippen molar-refractivity contribution < 1.29 is 17.7 Å². The topological polar surface area (TPSA) is 118 Å². The molecule has 0 radical (unpaired) electrons. The molecule has 0 aliphatic carbocycles. The Kier molecular flexibility index (Phi) is 4.29. The third kappa shape index (κ3) is 3.41. The number of benzene rings is 1. The molecule has 0 fully saturated rings. The zero-order valence-corrected chi connectivity index (χ0v) is 11.4. The molecule has 0 unspecified atom stereocenters. The van der Waals surface area contributed by atoms with Gasteiger partial charge in [-0.25, -0.2) is 18.1 Å². The van der Waals surface area contributed by atoms with Crippen molar-refractivity contribution in [1.82, 2.24) is 14.7 Å². The molecule has 2 rings (SSSR count). The van der Waals surface area contributed by atoms with Gasteiger partial charge in [0.15, 0.2) is 4.90 Å². The summed E-state index contributed by atoms with van der Waals surface area (Å²) in [6.07, 6.45) is 3.37. The van der Waals surface area contributed by atoms with Gasteiger partial charge < -0.3 is 4.98 Å². The maximum absolute atomic E-state index is 13.4. The molecule has 0 saturated carbocycles. The van der Waals surface area contributed by atoms with E-state index in [0.717, 1.165) is 18.2 Å². The summed E-state index contributed by atoms with van der Waals surface area (Å²) >= 11 is 0. The zero-order chi connectivity index (χ0) is 15.5. The number of nitrogens with one attached hydrogen (secondary N) is 2. The molecule has 1 heterocycles. The van der Waals surface area contributed by atoms with Crippen molar-refractivity contribution in [3.05, 3.63) is 52.3 Å². The number of nitro groups is 1. The summed E-state index contributed by atoms with van der Waals surface area (Å²) in [4.78, 5) is 15.7. The van der Waals surface area contributed by atoms with Gasteiger partial charge in [0.05, 0.1) is 4.92 Å². The van der Waals surface area contributed by atoms with Gasteiger partial charge in [-0.3, -0.25) is 10.1 Å². The molecular formula is C11H11FN4O4S. The number of para-hydroxylation sites is 1. The first-order valence-corrected chi connectivity index (χ1v) is 7.31. The van der Waals surface area contributed by atoms with Crippen LogP contribution in [0.25, 0.3) is 0 Å². The first-order valence-electron chi connectivity index (χ1n) is 5.82. The molecule has 8 nitrogen and oxygen atoms in total. The Morgan fingerprint density at radius 1 is 1.43 bits per heavy atom. The predicted octanol–water partition coefficient (Wildman–Crippen LogP) is 0.978. The molecule has 2 N–H and O–H groups in total. The van der Waals surface area contributed by atoms with Crippen molar-refractivity contribution in [2.45, 2.75) is 11.3 Å². The van der Waals surface area contributed by atoms with E-state index in [1.54, 1.807) is 6.20 Å².